The van der Waals surface area contributed by atoms with Gasteiger partial charge >= 0.3 is 6.03 Å². The fraction of sp³-hybridized carbons (Fsp3) is 0.636. The van der Waals surface area contributed by atoms with Crippen LogP contribution in [0.2, 0.25) is 0 Å². The van der Waals surface area contributed by atoms with Gasteiger partial charge in [0, 0.05) is 32.7 Å². The molecule has 2 aliphatic heterocycles. The first-order chi connectivity index (χ1) is 14.2. The van der Waals surface area contributed by atoms with Crippen molar-refractivity contribution in [2.75, 3.05) is 46.0 Å². The lowest BCUT2D eigenvalue weighted by molar-refractivity contribution is -0.133. The molecule has 0 aromatic heterocycles. The summed E-state index contributed by atoms with van der Waals surface area (Å²) in [6.45, 7) is 5.51. The summed E-state index contributed by atoms with van der Waals surface area (Å²) in [7, 11) is 0. The molecule has 3 amide bonds. The molecule has 1 aromatic rings. The SMILES string of the molecule is O=C1NC2(CCCCCC2)C(=O)N1CN1CCN(CCOc2ccccc2)CC1. The lowest BCUT2D eigenvalue weighted by Crippen LogP contribution is -2.52. The van der Waals surface area contributed by atoms with Crippen LogP contribution in [0.1, 0.15) is 38.5 Å². The molecule has 1 spiro atoms. The van der Waals surface area contributed by atoms with Crippen LogP contribution in [0.3, 0.4) is 0 Å². The average molecular weight is 401 g/mol. The van der Waals surface area contributed by atoms with E-state index in [0.29, 0.717) is 13.3 Å². The average Bonchev–Trinajstić information content (AvgIpc) is 2.90. The van der Waals surface area contributed by atoms with Crippen molar-refractivity contribution in [1.29, 1.82) is 0 Å². The van der Waals surface area contributed by atoms with Crippen LogP contribution < -0.4 is 10.1 Å². The second-order valence-electron chi connectivity index (χ2n) is 8.42. The first-order valence-corrected chi connectivity index (χ1v) is 10.9. The zero-order chi connectivity index (χ0) is 20.1. The molecule has 1 aliphatic carbocycles. The maximum atomic E-state index is 13.0. The van der Waals surface area contributed by atoms with Gasteiger partial charge in [-0.15, -0.1) is 0 Å². The highest BCUT2D eigenvalue weighted by molar-refractivity contribution is 6.07. The lowest BCUT2D eigenvalue weighted by atomic mass is 9.90. The minimum absolute atomic E-state index is 0.0110. The predicted molar refractivity (Wildman–Crippen MR) is 111 cm³/mol. The minimum atomic E-state index is -0.635. The quantitative estimate of drug-likeness (QED) is 0.743. The number of carbonyl (C=O) groups excluding carboxylic acids is 2. The molecule has 0 atom stereocenters. The third-order valence-corrected chi connectivity index (χ3v) is 6.43. The summed E-state index contributed by atoms with van der Waals surface area (Å²) < 4.78 is 5.78. The number of rotatable bonds is 6. The monoisotopic (exact) mass is 400 g/mol. The van der Waals surface area contributed by atoms with Crippen molar-refractivity contribution in [2.24, 2.45) is 0 Å². The maximum Gasteiger partial charge on any atom is 0.326 e. The number of nitrogens with zero attached hydrogens (tertiary/aromatic N) is 3. The van der Waals surface area contributed by atoms with Gasteiger partial charge in [-0.3, -0.25) is 14.6 Å². The van der Waals surface area contributed by atoms with E-state index in [4.69, 9.17) is 4.74 Å². The number of carbonyl (C=O) groups is 2. The molecule has 29 heavy (non-hydrogen) atoms. The predicted octanol–water partition coefficient (Wildman–Crippen LogP) is 2.29. The fourth-order valence-electron chi connectivity index (χ4n) is 4.64. The molecular weight excluding hydrogens is 368 g/mol. The van der Waals surface area contributed by atoms with E-state index in [1.807, 2.05) is 30.3 Å². The molecule has 2 saturated heterocycles. The van der Waals surface area contributed by atoms with Crippen LogP contribution in [0, 0.1) is 0 Å². The second kappa shape index (κ2) is 9.13. The number of nitrogens with one attached hydrogen (secondary N) is 1. The molecule has 1 saturated carbocycles. The Hall–Kier alpha value is -2.12. The number of piperazine rings is 1. The molecule has 0 unspecified atom stereocenters. The summed E-state index contributed by atoms with van der Waals surface area (Å²) in [6.07, 6.45) is 5.90. The Morgan fingerprint density at radius 2 is 1.55 bits per heavy atom. The number of amides is 3. The Bertz CT molecular complexity index is 695. The zero-order valence-electron chi connectivity index (χ0n) is 17.1. The van der Waals surface area contributed by atoms with Crippen molar-refractivity contribution >= 4 is 11.9 Å². The third-order valence-electron chi connectivity index (χ3n) is 6.43. The van der Waals surface area contributed by atoms with Gasteiger partial charge in [0.25, 0.3) is 5.91 Å². The highest BCUT2D eigenvalue weighted by Gasteiger charge is 2.50. The Labute approximate surface area is 173 Å². The summed E-state index contributed by atoms with van der Waals surface area (Å²) in [4.78, 5) is 31.6. The molecule has 0 bridgehead atoms. The highest BCUT2D eigenvalue weighted by Crippen LogP contribution is 2.32. The summed E-state index contributed by atoms with van der Waals surface area (Å²) >= 11 is 0. The third kappa shape index (κ3) is 4.73. The molecule has 7 nitrogen and oxygen atoms in total. The van der Waals surface area contributed by atoms with Crippen molar-refractivity contribution in [2.45, 2.75) is 44.1 Å². The van der Waals surface area contributed by atoms with Crippen LogP contribution in [0.5, 0.6) is 5.75 Å². The van der Waals surface area contributed by atoms with Gasteiger partial charge in [0.15, 0.2) is 0 Å². The van der Waals surface area contributed by atoms with Gasteiger partial charge in [-0.05, 0) is 25.0 Å². The minimum Gasteiger partial charge on any atom is -0.492 e. The summed E-state index contributed by atoms with van der Waals surface area (Å²) in [5.41, 5.74) is -0.635. The fourth-order valence-corrected chi connectivity index (χ4v) is 4.64. The van der Waals surface area contributed by atoms with Crippen LogP contribution in [-0.2, 0) is 4.79 Å². The van der Waals surface area contributed by atoms with Gasteiger partial charge < -0.3 is 10.1 Å². The zero-order valence-corrected chi connectivity index (χ0v) is 17.1. The van der Waals surface area contributed by atoms with Gasteiger partial charge in [0.2, 0.25) is 0 Å². The van der Waals surface area contributed by atoms with E-state index < -0.39 is 5.54 Å². The highest BCUT2D eigenvalue weighted by atomic mass is 16.5. The molecule has 4 rings (SSSR count). The first kappa shape index (κ1) is 20.2. The Morgan fingerprint density at radius 3 is 2.24 bits per heavy atom. The van der Waals surface area contributed by atoms with E-state index in [1.165, 1.54) is 4.90 Å². The standard InChI is InChI=1S/C22H32N4O3/c27-20-22(10-6-1-2-7-11-22)23-21(28)26(20)18-25-14-12-24(13-15-25)16-17-29-19-8-4-3-5-9-19/h3-5,8-9H,1-2,6-7,10-18H2,(H,23,28). The molecule has 7 heteroatoms. The summed E-state index contributed by atoms with van der Waals surface area (Å²) in [5, 5.41) is 3.03. The van der Waals surface area contributed by atoms with Crippen LogP contribution in [-0.4, -0.2) is 78.2 Å². The number of benzene rings is 1. The van der Waals surface area contributed by atoms with Gasteiger partial charge in [-0.2, -0.15) is 0 Å². The van der Waals surface area contributed by atoms with Crippen LogP contribution >= 0.6 is 0 Å². The van der Waals surface area contributed by atoms with E-state index in [-0.39, 0.29) is 11.9 Å². The molecule has 0 radical (unpaired) electrons. The summed E-state index contributed by atoms with van der Waals surface area (Å²) in [6, 6.07) is 9.66. The number of hydrogen-bond donors (Lipinski definition) is 1. The normalized spacial score (nSPS) is 23.2. The van der Waals surface area contributed by atoms with Crippen molar-refractivity contribution in [3.63, 3.8) is 0 Å². The number of hydrogen-bond acceptors (Lipinski definition) is 5. The Kier molecular flexibility index (Phi) is 6.35. The molecular formula is C22H32N4O3. The molecule has 1 aromatic carbocycles. The lowest BCUT2D eigenvalue weighted by Gasteiger charge is -2.36. The van der Waals surface area contributed by atoms with E-state index in [1.54, 1.807) is 0 Å². The smallest absolute Gasteiger partial charge is 0.326 e. The maximum absolute atomic E-state index is 13.0. The van der Waals surface area contributed by atoms with E-state index in [0.717, 1.165) is 77.0 Å². The number of imide groups is 1. The molecule has 3 fully saturated rings. The Balaban J connectivity index is 1.22. The van der Waals surface area contributed by atoms with Crippen molar-refractivity contribution in [1.82, 2.24) is 20.0 Å². The first-order valence-electron chi connectivity index (χ1n) is 10.9. The van der Waals surface area contributed by atoms with Crippen molar-refractivity contribution in [3.05, 3.63) is 30.3 Å². The van der Waals surface area contributed by atoms with Gasteiger partial charge in [-0.1, -0.05) is 43.9 Å². The van der Waals surface area contributed by atoms with Crippen molar-refractivity contribution < 1.29 is 14.3 Å². The van der Waals surface area contributed by atoms with Crippen LogP contribution in [0.25, 0.3) is 0 Å². The van der Waals surface area contributed by atoms with Gasteiger partial charge in [0.1, 0.15) is 17.9 Å². The second-order valence-corrected chi connectivity index (χ2v) is 8.42. The van der Waals surface area contributed by atoms with Crippen LogP contribution in [0.15, 0.2) is 30.3 Å². The molecule has 1 N–H and O–H groups in total. The number of ether oxygens (including phenoxy) is 1. The summed E-state index contributed by atoms with van der Waals surface area (Å²) in [5.74, 6) is 0.889. The van der Waals surface area contributed by atoms with Crippen LogP contribution in [0.4, 0.5) is 4.79 Å². The van der Waals surface area contributed by atoms with Gasteiger partial charge in [-0.25, -0.2) is 9.69 Å². The van der Waals surface area contributed by atoms with Gasteiger partial charge in [0.05, 0.1) is 6.67 Å². The van der Waals surface area contributed by atoms with Crippen molar-refractivity contribution in [3.8, 4) is 5.75 Å². The topological polar surface area (TPSA) is 65.1 Å². The molecule has 158 valence electrons. The molecule has 3 aliphatic rings. The van der Waals surface area contributed by atoms with E-state index >= 15 is 0 Å². The molecule has 2 heterocycles. The van der Waals surface area contributed by atoms with E-state index in [9.17, 15) is 9.59 Å². The van der Waals surface area contributed by atoms with E-state index in [2.05, 4.69) is 15.1 Å². The Morgan fingerprint density at radius 1 is 0.897 bits per heavy atom. The number of para-hydroxylation sites is 1. The number of urea groups is 1. The largest absolute Gasteiger partial charge is 0.492 e.